The molecule has 5 N–H and O–H groups in total. The molecule has 0 aliphatic carbocycles. The largest absolute Gasteiger partial charge is 0.495 e. The van der Waals surface area contributed by atoms with Crippen molar-refractivity contribution in [3.63, 3.8) is 0 Å². The van der Waals surface area contributed by atoms with Gasteiger partial charge < -0.3 is 21.5 Å². The molecule has 2 aliphatic heterocycles. The molecule has 44 heavy (non-hydrogen) atoms. The van der Waals surface area contributed by atoms with Crippen molar-refractivity contribution in [3.05, 3.63) is 87.2 Å². The SMILES string of the molecule is COc1cc(C(N)=O)ccc1N1C(=O)[C@]2(c3ccc(Cl)cc31)[C@H](C[C@H](C)C(F)(F)F)N[C@@H](C(N)=O)[C@@H]2c1cccc(Cl)c1F. The fourth-order valence-corrected chi connectivity index (χ4v) is 6.79. The number of methoxy groups -OCH3 is 1. The number of hydrogen-bond donors (Lipinski definition) is 3. The van der Waals surface area contributed by atoms with Gasteiger partial charge in [-0.25, -0.2) is 4.39 Å². The van der Waals surface area contributed by atoms with Crippen LogP contribution >= 0.6 is 23.2 Å². The summed E-state index contributed by atoms with van der Waals surface area (Å²) in [6.45, 7) is 0.952. The third kappa shape index (κ3) is 4.85. The maximum Gasteiger partial charge on any atom is 0.391 e. The van der Waals surface area contributed by atoms with Crippen molar-refractivity contribution in [1.82, 2.24) is 5.32 Å². The molecule has 5 rings (SSSR count). The van der Waals surface area contributed by atoms with Crippen LogP contribution in [-0.2, 0) is 15.0 Å². The van der Waals surface area contributed by atoms with Gasteiger partial charge in [-0.05, 0) is 53.9 Å². The van der Waals surface area contributed by atoms with Crippen molar-refractivity contribution in [2.45, 2.75) is 42.9 Å². The lowest BCUT2D eigenvalue weighted by molar-refractivity contribution is -0.173. The van der Waals surface area contributed by atoms with Crippen LogP contribution in [-0.4, -0.2) is 43.1 Å². The highest BCUT2D eigenvalue weighted by molar-refractivity contribution is 6.31. The van der Waals surface area contributed by atoms with E-state index in [2.05, 4.69) is 5.32 Å². The molecule has 2 heterocycles. The Morgan fingerprint density at radius 3 is 2.41 bits per heavy atom. The molecule has 0 aromatic heterocycles. The molecule has 1 spiro atoms. The maximum atomic E-state index is 15.8. The van der Waals surface area contributed by atoms with Gasteiger partial charge in [0, 0.05) is 22.5 Å². The Morgan fingerprint density at radius 2 is 1.80 bits per heavy atom. The summed E-state index contributed by atoms with van der Waals surface area (Å²) in [6, 6.07) is 9.49. The third-order valence-electron chi connectivity index (χ3n) is 8.43. The molecular weight excluding hydrogens is 627 g/mol. The van der Waals surface area contributed by atoms with Crippen molar-refractivity contribution in [3.8, 4) is 5.75 Å². The molecule has 3 aromatic carbocycles. The van der Waals surface area contributed by atoms with Crippen molar-refractivity contribution >= 4 is 52.3 Å². The zero-order valence-electron chi connectivity index (χ0n) is 23.2. The maximum absolute atomic E-state index is 15.8. The lowest BCUT2D eigenvalue weighted by Crippen LogP contribution is -2.51. The summed E-state index contributed by atoms with van der Waals surface area (Å²) in [7, 11) is 1.29. The van der Waals surface area contributed by atoms with Gasteiger partial charge in [-0.15, -0.1) is 0 Å². The van der Waals surface area contributed by atoms with Crippen molar-refractivity contribution < 1.29 is 36.7 Å². The Hall–Kier alpha value is -3.87. The minimum absolute atomic E-state index is 0.0285. The van der Waals surface area contributed by atoms with E-state index in [4.69, 9.17) is 39.4 Å². The first-order valence-corrected chi connectivity index (χ1v) is 14.1. The molecule has 0 bridgehead atoms. The molecule has 0 unspecified atom stereocenters. The molecule has 14 heteroatoms. The van der Waals surface area contributed by atoms with Gasteiger partial charge in [0.2, 0.25) is 17.7 Å². The van der Waals surface area contributed by atoms with Crippen LogP contribution in [0.4, 0.5) is 28.9 Å². The second-order valence-corrected chi connectivity index (χ2v) is 11.7. The Balaban J connectivity index is 1.86. The van der Waals surface area contributed by atoms with E-state index < -0.39 is 65.5 Å². The van der Waals surface area contributed by atoms with E-state index in [0.29, 0.717) is 0 Å². The van der Waals surface area contributed by atoms with Gasteiger partial charge in [0.05, 0.1) is 35.5 Å². The molecule has 2 aliphatic rings. The first-order valence-electron chi connectivity index (χ1n) is 13.3. The summed E-state index contributed by atoms with van der Waals surface area (Å²) in [5, 5.41) is 2.73. The molecule has 232 valence electrons. The minimum atomic E-state index is -4.66. The molecule has 3 aromatic rings. The Labute approximate surface area is 259 Å². The Bertz CT molecular complexity index is 1690. The van der Waals surface area contributed by atoms with Crippen LogP contribution in [0.25, 0.3) is 0 Å². The summed E-state index contributed by atoms with van der Waals surface area (Å²) < 4.78 is 63.3. The average Bonchev–Trinajstić information content (AvgIpc) is 3.41. The van der Waals surface area contributed by atoms with Gasteiger partial charge in [0.15, 0.2) is 0 Å². The highest BCUT2D eigenvalue weighted by Gasteiger charge is 2.68. The van der Waals surface area contributed by atoms with E-state index >= 15 is 9.18 Å². The lowest BCUT2D eigenvalue weighted by atomic mass is 9.63. The number of primary amides is 2. The number of amides is 3. The number of carbonyl (C=O) groups excluding carboxylic acids is 3. The summed E-state index contributed by atoms with van der Waals surface area (Å²) in [4.78, 5) is 41.1. The van der Waals surface area contributed by atoms with E-state index in [1.165, 1.54) is 66.6 Å². The zero-order chi connectivity index (χ0) is 32.3. The molecule has 8 nitrogen and oxygen atoms in total. The predicted octanol–water partition coefficient (Wildman–Crippen LogP) is 5.35. The zero-order valence-corrected chi connectivity index (χ0v) is 24.7. The second kappa shape index (κ2) is 11.2. The smallest absolute Gasteiger partial charge is 0.391 e. The van der Waals surface area contributed by atoms with E-state index in [-0.39, 0.29) is 43.9 Å². The summed E-state index contributed by atoms with van der Waals surface area (Å²) in [5.74, 6) is -6.92. The van der Waals surface area contributed by atoms with Gasteiger partial charge in [-0.3, -0.25) is 19.3 Å². The first kappa shape index (κ1) is 31.6. The number of rotatable bonds is 7. The molecule has 1 saturated heterocycles. The molecule has 0 saturated carbocycles. The van der Waals surface area contributed by atoms with E-state index in [0.717, 1.165) is 6.92 Å². The Kier molecular flexibility index (Phi) is 8.06. The molecule has 1 fully saturated rings. The second-order valence-electron chi connectivity index (χ2n) is 10.8. The van der Waals surface area contributed by atoms with Crippen LogP contribution in [0.15, 0.2) is 54.6 Å². The number of anilines is 2. The fourth-order valence-electron chi connectivity index (χ4n) is 6.44. The normalized spacial score (nSPS) is 23.6. The number of nitrogens with zero attached hydrogens (tertiary/aromatic N) is 1. The van der Waals surface area contributed by atoms with Gasteiger partial charge in [-0.2, -0.15) is 13.2 Å². The minimum Gasteiger partial charge on any atom is -0.495 e. The van der Waals surface area contributed by atoms with Crippen molar-refractivity contribution in [2.24, 2.45) is 17.4 Å². The number of nitrogens with one attached hydrogen (secondary N) is 1. The number of alkyl halides is 3. The van der Waals surface area contributed by atoms with Crippen LogP contribution in [0.1, 0.15) is 40.7 Å². The van der Waals surface area contributed by atoms with Crippen LogP contribution in [0.5, 0.6) is 5.75 Å². The van der Waals surface area contributed by atoms with Crippen LogP contribution in [0.3, 0.4) is 0 Å². The number of benzene rings is 3. The highest BCUT2D eigenvalue weighted by atomic mass is 35.5. The predicted molar refractivity (Wildman–Crippen MR) is 156 cm³/mol. The topological polar surface area (TPSA) is 128 Å². The third-order valence-corrected chi connectivity index (χ3v) is 8.96. The average molecular weight is 653 g/mol. The number of hydrogen-bond acceptors (Lipinski definition) is 5. The standard InChI is InChI=1S/C30H26Cl2F4N4O4/c1-13(30(34,35)36)10-22-29(23(25(39-22)27(38)42)16-4-3-5-18(32)24(16)33)17-8-7-15(31)12-20(17)40(28(29)43)19-9-6-14(26(37)41)11-21(19)44-2/h3-9,11-13,22-23,25,39H,10H2,1-2H3,(H2,37,41)(H2,38,42)/t13-,22-,23-,25+,29+/m0/s1. The first-order chi connectivity index (χ1) is 20.6. The number of carbonyl (C=O) groups is 3. The van der Waals surface area contributed by atoms with E-state index in [1.54, 1.807) is 0 Å². The van der Waals surface area contributed by atoms with Gasteiger partial charge in [0.1, 0.15) is 17.0 Å². The van der Waals surface area contributed by atoms with Crippen LogP contribution < -0.4 is 26.4 Å². The monoisotopic (exact) mass is 652 g/mol. The number of ether oxygens (including phenoxy) is 1. The molecule has 0 radical (unpaired) electrons. The Morgan fingerprint density at radius 1 is 1.09 bits per heavy atom. The van der Waals surface area contributed by atoms with Gasteiger partial charge in [0.25, 0.3) is 0 Å². The number of halogens is 6. The summed E-state index contributed by atoms with van der Waals surface area (Å²) in [5.41, 5.74) is 9.47. The van der Waals surface area contributed by atoms with Crippen LogP contribution in [0.2, 0.25) is 10.0 Å². The molecular formula is C30H26Cl2F4N4O4. The van der Waals surface area contributed by atoms with Crippen molar-refractivity contribution in [2.75, 3.05) is 12.0 Å². The number of fused-ring (bicyclic) bond motifs is 2. The highest BCUT2D eigenvalue weighted by Crippen LogP contribution is 2.60. The van der Waals surface area contributed by atoms with E-state index in [9.17, 15) is 22.8 Å². The van der Waals surface area contributed by atoms with Gasteiger partial charge in [-0.1, -0.05) is 48.3 Å². The quantitative estimate of drug-likeness (QED) is 0.296. The van der Waals surface area contributed by atoms with Crippen LogP contribution in [0, 0.1) is 11.7 Å². The number of nitrogens with two attached hydrogens (primary N) is 2. The lowest BCUT2D eigenvalue weighted by Gasteiger charge is -2.37. The molecule has 5 atom stereocenters. The van der Waals surface area contributed by atoms with Crippen molar-refractivity contribution in [1.29, 1.82) is 0 Å². The van der Waals surface area contributed by atoms with E-state index in [1.807, 2.05) is 0 Å². The fraction of sp³-hybridized carbons (Fsp3) is 0.300. The molecule has 3 amide bonds. The summed E-state index contributed by atoms with van der Waals surface area (Å²) in [6.07, 6.45) is -5.34. The summed E-state index contributed by atoms with van der Waals surface area (Å²) >= 11 is 12.5. The van der Waals surface area contributed by atoms with Gasteiger partial charge >= 0.3 is 6.18 Å².